The monoisotopic (exact) mass is 315 g/mol. The lowest BCUT2D eigenvalue weighted by molar-refractivity contribution is 0.149. The van der Waals surface area contributed by atoms with Crippen molar-refractivity contribution >= 4 is 10.0 Å². The third-order valence-corrected chi connectivity index (χ3v) is 5.07. The van der Waals surface area contributed by atoms with Crippen LogP contribution in [0.3, 0.4) is 0 Å². The number of nitrogens with zero attached hydrogens (tertiary/aromatic N) is 2. The van der Waals surface area contributed by atoms with Gasteiger partial charge in [0.25, 0.3) is 10.0 Å². The lowest BCUT2D eigenvalue weighted by Gasteiger charge is -2.23. The van der Waals surface area contributed by atoms with Crippen LogP contribution in [-0.4, -0.2) is 50.6 Å². The zero-order valence-electron chi connectivity index (χ0n) is 13.3. The van der Waals surface area contributed by atoms with Crippen LogP contribution in [0.2, 0.25) is 0 Å². The van der Waals surface area contributed by atoms with Gasteiger partial charge in [-0.2, -0.15) is 4.31 Å². The molecule has 0 aliphatic rings. The first-order valence-electron chi connectivity index (χ1n) is 6.94. The average molecular weight is 315 g/mol. The Morgan fingerprint density at radius 3 is 2.48 bits per heavy atom. The van der Waals surface area contributed by atoms with Crippen LogP contribution < -0.4 is 5.32 Å². The predicted octanol–water partition coefficient (Wildman–Crippen LogP) is 1.23. The highest BCUT2D eigenvalue weighted by atomic mass is 32.2. The summed E-state index contributed by atoms with van der Waals surface area (Å²) in [7, 11) is -0.503. The van der Waals surface area contributed by atoms with Crippen molar-refractivity contribution in [3.63, 3.8) is 0 Å². The fraction of sp³-hybridized carbons (Fsp3) is 0.643. The van der Waals surface area contributed by atoms with E-state index in [1.54, 1.807) is 32.4 Å². The van der Waals surface area contributed by atoms with Gasteiger partial charge in [-0.3, -0.25) is 0 Å². The molecule has 6 nitrogen and oxygen atoms in total. The molecule has 120 valence electrons. The number of aromatic nitrogens is 1. The van der Waals surface area contributed by atoms with E-state index in [9.17, 15) is 8.42 Å². The maximum atomic E-state index is 12.4. The van der Waals surface area contributed by atoms with E-state index in [4.69, 9.17) is 4.74 Å². The number of nitrogens with one attached hydrogen (secondary N) is 1. The summed E-state index contributed by atoms with van der Waals surface area (Å²) in [5.41, 5.74) is 0.954. The van der Waals surface area contributed by atoms with Gasteiger partial charge in [0.15, 0.2) is 5.03 Å². The van der Waals surface area contributed by atoms with Crippen LogP contribution >= 0.6 is 0 Å². The molecule has 0 saturated heterocycles. The molecule has 0 radical (unpaired) electrons. The summed E-state index contributed by atoms with van der Waals surface area (Å²) in [5, 5.41) is 3.32. The van der Waals surface area contributed by atoms with E-state index in [0.717, 1.165) is 5.56 Å². The zero-order chi connectivity index (χ0) is 16.0. The van der Waals surface area contributed by atoms with Gasteiger partial charge in [-0.15, -0.1) is 0 Å². The summed E-state index contributed by atoms with van der Waals surface area (Å²) in [5.74, 6) is 0. The van der Waals surface area contributed by atoms with Gasteiger partial charge in [-0.1, -0.05) is 19.9 Å². The SMILES string of the molecule is COCC(C)N(C)S(=O)(=O)c1ccc(CNC(C)C)cn1. The molecule has 1 aromatic heterocycles. The van der Waals surface area contributed by atoms with Gasteiger partial charge in [0.2, 0.25) is 0 Å². The number of hydrogen-bond donors (Lipinski definition) is 1. The molecule has 0 fully saturated rings. The van der Waals surface area contributed by atoms with Crippen molar-refractivity contribution in [3.05, 3.63) is 23.9 Å². The number of rotatable bonds is 8. The summed E-state index contributed by atoms with van der Waals surface area (Å²) in [6.07, 6.45) is 1.59. The number of sulfonamides is 1. The van der Waals surface area contributed by atoms with E-state index in [0.29, 0.717) is 19.2 Å². The van der Waals surface area contributed by atoms with E-state index >= 15 is 0 Å². The smallest absolute Gasteiger partial charge is 0.260 e. The Labute approximate surface area is 127 Å². The molecule has 1 rings (SSSR count). The highest BCUT2D eigenvalue weighted by molar-refractivity contribution is 7.89. The molecule has 0 aliphatic heterocycles. The molecule has 7 heteroatoms. The fourth-order valence-electron chi connectivity index (χ4n) is 1.72. The van der Waals surface area contributed by atoms with E-state index < -0.39 is 10.0 Å². The average Bonchev–Trinajstić information content (AvgIpc) is 2.45. The fourth-order valence-corrected chi connectivity index (χ4v) is 2.98. The van der Waals surface area contributed by atoms with Crippen molar-refractivity contribution in [1.29, 1.82) is 0 Å². The Morgan fingerprint density at radius 1 is 1.33 bits per heavy atom. The molecule has 0 aromatic carbocycles. The van der Waals surface area contributed by atoms with Crippen molar-refractivity contribution in [1.82, 2.24) is 14.6 Å². The molecule has 1 aromatic rings. The van der Waals surface area contributed by atoms with E-state index in [1.807, 2.05) is 0 Å². The highest BCUT2D eigenvalue weighted by Crippen LogP contribution is 2.15. The lowest BCUT2D eigenvalue weighted by atomic mass is 10.2. The Hall–Kier alpha value is -1.02. The maximum Gasteiger partial charge on any atom is 0.260 e. The molecule has 0 spiro atoms. The van der Waals surface area contributed by atoms with E-state index in [2.05, 4.69) is 24.1 Å². The van der Waals surface area contributed by atoms with Crippen molar-refractivity contribution < 1.29 is 13.2 Å². The van der Waals surface area contributed by atoms with Crippen LogP contribution in [-0.2, 0) is 21.3 Å². The van der Waals surface area contributed by atoms with Crippen molar-refractivity contribution in [2.45, 2.75) is 44.4 Å². The Kier molecular flexibility index (Phi) is 6.73. The summed E-state index contributed by atoms with van der Waals surface area (Å²) in [6, 6.07) is 3.45. The summed E-state index contributed by atoms with van der Waals surface area (Å²) in [6.45, 7) is 6.91. The van der Waals surface area contributed by atoms with Gasteiger partial charge in [0.05, 0.1) is 6.61 Å². The predicted molar refractivity (Wildman–Crippen MR) is 82.5 cm³/mol. The van der Waals surface area contributed by atoms with Crippen molar-refractivity contribution in [2.75, 3.05) is 20.8 Å². The number of likely N-dealkylation sites (N-methyl/N-ethyl adjacent to an activating group) is 1. The molecule has 1 N–H and O–H groups in total. The highest BCUT2D eigenvalue weighted by Gasteiger charge is 2.26. The molecule has 0 saturated carbocycles. The molecule has 21 heavy (non-hydrogen) atoms. The van der Waals surface area contributed by atoms with Crippen LogP contribution in [0.1, 0.15) is 26.3 Å². The van der Waals surface area contributed by atoms with Gasteiger partial charge in [-0.05, 0) is 18.6 Å². The molecule has 1 atom stereocenters. The van der Waals surface area contributed by atoms with E-state index in [-0.39, 0.29) is 11.1 Å². The normalized spacial score (nSPS) is 13.9. The van der Waals surface area contributed by atoms with Gasteiger partial charge >= 0.3 is 0 Å². The number of methoxy groups -OCH3 is 1. The van der Waals surface area contributed by atoms with E-state index in [1.165, 1.54) is 11.4 Å². The van der Waals surface area contributed by atoms with Gasteiger partial charge in [0, 0.05) is 39.0 Å². The minimum absolute atomic E-state index is 0.0567. The summed E-state index contributed by atoms with van der Waals surface area (Å²) < 4.78 is 31.1. The minimum Gasteiger partial charge on any atom is -0.383 e. The second-order valence-corrected chi connectivity index (χ2v) is 7.31. The van der Waals surface area contributed by atoms with Gasteiger partial charge in [0.1, 0.15) is 0 Å². The van der Waals surface area contributed by atoms with Crippen LogP contribution in [0.15, 0.2) is 23.4 Å². The standard InChI is InChI=1S/C14H25N3O3S/c1-11(2)15-8-13-6-7-14(16-9-13)21(18,19)17(4)12(3)10-20-5/h6-7,9,11-12,15H,8,10H2,1-5H3. The van der Waals surface area contributed by atoms with Crippen molar-refractivity contribution in [2.24, 2.45) is 0 Å². The number of hydrogen-bond acceptors (Lipinski definition) is 5. The Balaban J connectivity index is 2.84. The number of pyridine rings is 1. The molecular weight excluding hydrogens is 290 g/mol. The molecule has 0 amide bonds. The quantitative estimate of drug-likeness (QED) is 0.781. The number of ether oxygens (including phenoxy) is 1. The van der Waals surface area contributed by atoms with Gasteiger partial charge < -0.3 is 10.1 Å². The second-order valence-electron chi connectivity index (χ2n) is 5.37. The van der Waals surface area contributed by atoms with Crippen molar-refractivity contribution in [3.8, 4) is 0 Å². The third-order valence-electron chi connectivity index (χ3n) is 3.18. The zero-order valence-corrected chi connectivity index (χ0v) is 14.1. The largest absolute Gasteiger partial charge is 0.383 e. The van der Waals surface area contributed by atoms with Crippen LogP contribution in [0.25, 0.3) is 0 Å². The first-order valence-corrected chi connectivity index (χ1v) is 8.38. The molecule has 0 aliphatic carbocycles. The van der Waals surface area contributed by atoms with Crippen LogP contribution in [0, 0.1) is 0 Å². The minimum atomic E-state index is -3.59. The van der Waals surface area contributed by atoms with Gasteiger partial charge in [-0.25, -0.2) is 13.4 Å². The molecular formula is C14H25N3O3S. The van der Waals surface area contributed by atoms with Crippen LogP contribution in [0.4, 0.5) is 0 Å². The van der Waals surface area contributed by atoms with Crippen LogP contribution in [0.5, 0.6) is 0 Å². The lowest BCUT2D eigenvalue weighted by Crippen LogP contribution is -2.38. The summed E-state index contributed by atoms with van der Waals surface area (Å²) >= 11 is 0. The second kappa shape index (κ2) is 7.84. The Morgan fingerprint density at radius 2 is 2.00 bits per heavy atom. The molecule has 0 bridgehead atoms. The molecule has 1 unspecified atom stereocenters. The third kappa shape index (κ3) is 5.03. The first-order chi connectivity index (χ1) is 9.78. The topological polar surface area (TPSA) is 71.5 Å². The Bertz CT molecular complexity index is 529. The first kappa shape index (κ1) is 18.0. The summed E-state index contributed by atoms with van der Waals surface area (Å²) in [4.78, 5) is 4.08. The maximum absolute atomic E-state index is 12.4. The molecule has 1 heterocycles.